The Labute approximate surface area is 116 Å². The van der Waals surface area contributed by atoms with E-state index in [1.807, 2.05) is 38.4 Å². The minimum Gasteiger partial charge on any atom is -0.370 e. The standard InChI is InChI=1S/C10H14BrN3.HI/c1-14(2)10(12)13-7-8-5-3-4-6-9(8)11;/h3-6H,7H2,1-2H3,(H2,12,13);1H. The fourth-order valence-corrected chi connectivity index (χ4v) is 1.34. The number of guanidine groups is 1. The van der Waals surface area contributed by atoms with Crippen molar-refractivity contribution in [2.75, 3.05) is 14.1 Å². The van der Waals surface area contributed by atoms with Crippen molar-refractivity contribution in [1.82, 2.24) is 4.90 Å². The normalized spacial score (nSPS) is 10.7. The number of hydrogen-bond donors (Lipinski definition) is 1. The van der Waals surface area contributed by atoms with Gasteiger partial charge >= 0.3 is 0 Å². The second-order valence-corrected chi connectivity index (χ2v) is 4.01. The molecule has 0 amide bonds. The van der Waals surface area contributed by atoms with E-state index < -0.39 is 0 Å². The molecule has 0 bridgehead atoms. The van der Waals surface area contributed by atoms with E-state index in [1.165, 1.54) is 0 Å². The van der Waals surface area contributed by atoms with Crippen LogP contribution in [0.15, 0.2) is 33.7 Å². The van der Waals surface area contributed by atoms with Gasteiger partial charge in [0.25, 0.3) is 0 Å². The van der Waals surface area contributed by atoms with Crippen LogP contribution in [0.4, 0.5) is 0 Å². The summed E-state index contributed by atoms with van der Waals surface area (Å²) >= 11 is 3.46. The molecule has 0 unspecified atom stereocenters. The third-order valence-electron chi connectivity index (χ3n) is 1.83. The van der Waals surface area contributed by atoms with Gasteiger partial charge < -0.3 is 10.6 Å². The van der Waals surface area contributed by atoms with Crippen LogP contribution >= 0.6 is 39.9 Å². The summed E-state index contributed by atoms with van der Waals surface area (Å²) in [5.74, 6) is 0.542. The number of nitrogens with zero attached hydrogens (tertiary/aromatic N) is 2. The van der Waals surface area contributed by atoms with Crippen molar-refractivity contribution in [1.29, 1.82) is 0 Å². The highest BCUT2D eigenvalue weighted by molar-refractivity contribution is 14.0. The zero-order chi connectivity index (χ0) is 10.6. The first kappa shape index (κ1) is 14.7. The molecule has 0 atom stereocenters. The Morgan fingerprint density at radius 1 is 1.40 bits per heavy atom. The average molecular weight is 384 g/mol. The molecule has 0 saturated heterocycles. The predicted molar refractivity (Wildman–Crippen MR) is 78.6 cm³/mol. The molecular weight excluding hydrogens is 369 g/mol. The van der Waals surface area contributed by atoms with Crippen LogP contribution in [-0.2, 0) is 6.54 Å². The second-order valence-electron chi connectivity index (χ2n) is 3.16. The molecule has 0 heterocycles. The van der Waals surface area contributed by atoms with Gasteiger partial charge in [0.15, 0.2) is 5.96 Å². The molecule has 3 nitrogen and oxygen atoms in total. The van der Waals surface area contributed by atoms with Crippen LogP contribution in [0.2, 0.25) is 0 Å². The van der Waals surface area contributed by atoms with Crippen molar-refractivity contribution in [3.05, 3.63) is 34.3 Å². The first-order chi connectivity index (χ1) is 6.61. The van der Waals surface area contributed by atoms with Crippen molar-refractivity contribution in [3.63, 3.8) is 0 Å². The molecule has 0 spiro atoms. The quantitative estimate of drug-likeness (QED) is 0.484. The molecule has 0 aliphatic rings. The summed E-state index contributed by atoms with van der Waals surface area (Å²) < 4.78 is 1.07. The fraction of sp³-hybridized carbons (Fsp3) is 0.300. The molecule has 0 fully saturated rings. The summed E-state index contributed by atoms with van der Waals surface area (Å²) in [4.78, 5) is 6.03. The summed E-state index contributed by atoms with van der Waals surface area (Å²) in [7, 11) is 3.75. The Balaban J connectivity index is 0.00000196. The minimum atomic E-state index is 0. The third kappa shape index (κ3) is 4.83. The van der Waals surface area contributed by atoms with Gasteiger partial charge in [-0.05, 0) is 11.6 Å². The minimum absolute atomic E-state index is 0. The number of benzene rings is 1. The van der Waals surface area contributed by atoms with Crippen LogP contribution in [0.3, 0.4) is 0 Å². The molecule has 0 saturated carbocycles. The van der Waals surface area contributed by atoms with Crippen molar-refractivity contribution >= 4 is 45.9 Å². The van der Waals surface area contributed by atoms with Crippen LogP contribution in [0.5, 0.6) is 0 Å². The highest BCUT2D eigenvalue weighted by Crippen LogP contribution is 2.16. The van der Waals surface area contributed by atoms with E-state index in [1.54, 1.807) is 4.90 Å². The Hall–Kier alpha value is -0.300. The molecule has 1 aromatic rings. The Kier molecular flexibility index (Phi) is 6.91. The van der Waals surface area contributed by atoms with Gasteiger partial charge in [0.1, 0.15) is 0 Å². The van der Waals surface area contributed by atoms with E-state index in [-0.39, 0.29) is 24.0 Å². The number of nitrogens with two attached hydrogens (primary N) is 1. The van der Waals surface area contributed by atoms with Crippen LogP contribution in [0.1, 0.15) is 5.56 Å². The monoisotopic (exact) mass is 383 g/mol. The van der Waals surface area contributed by atoms with Gasteiger partial charge in [0.2, 0.25) is 0 Å². The number of halogens is 2. The van der Waals surface area contributed by atoms with Crippen molar-refractivity contribution < 1.29 is 0 Å². The van der Waals surface area contributed by atoms with Gasteiger partial charge in [0.05, 0.1) is 6.54 Å². The smallest absolute Gasteiger partial charge is 0.191 e. The highest BCUT2D eigenvalue weighted by Gasteiger charge is 1.98. The maximum atomic E-state index is 5.68. The second kappa shape index (κ2) is 7.05. The van der Waals surface area contributed by atoms with Gasteiger partial charge in [-0.1, -0.05) is 34.1 Å². The molecule has 0 radical (unpaired) electrons. The van der Waals surface area contributed by atoms with Crippen molar-refractivity contribution in [2.45, 2.75) is 6.54 Å². The molecule has 2 N–H and O–H groups in total. The van der Waals surface area contributed by atoms with E-state index in [0.717, 1.165) is 10.0 Å². The van der Waals surface area contributed by atoms with Crippen LogP contribution in [-0.4, -0.2) is 25.0 Å². The molecule has 1 rings (SSSR count). The van der Waals surface area contributed by atoms with Gasteiger partial charge in [0, 0.05) is 18.6 Å². The maximum absolute atomic E-state index is 5.68. The van der Waals surface area contributed by atoms with Crippen molar-refractivity contribution in [2.24, 2.45) is 10.7 Å². The zero-order valence-corrected chi connectivity index (χ0v) is 12.7. The van der Waals surface area contributed by atoms with E-state index in [9.17, 15) is 0 Å². The van der Waals surface area contributed by atoms with Crippen LogP contribution in [0, 0.1) is 0 Å². The highest BCUT2D eigenvalue weighted by atomic mass is 127. The first-order valence-electron chi connectivity index (χ1n) is 4.32. The van der Waals surface area contributed by atoms with Gasteiger partial charge in [-0.2, -0.15) is 0 Å². The fourth-order valence-electron chi connectivity index (χ4n) is 0.934. The van der Waals surface area contributed by atoms with E-state index in [2.05, 4.69) is 20.9 Å². The Bertz CT molecular complexity index is 339. The third-order valence-corrected chi connectivity index (χ3v) is 2.60. The summed E-state index contributed by atoms with van der Waals surface area (Å²) in [6.45, 7) is 0.603. The van der Waals surface area contributed by atoms with Crippen molar-refractivity contribution in [3.8, 4) is 0 Å². The summed E-state index contributed by atoms with van der Waals surface area (Å²) in [6, 6.07) is 7.99. The topological polar surface area (TPSA) is 41.6 Å². The van der Waals surface area contributed by atoms with E-state index in [4.69, 9.17) is 5.73 Å². The van der Waals surface area contributed by atoms with Crippen LogP contribution < -0.4 is 5.73 Å². The largest absolute Gasteiger partial charge is 0.370 e. The SMILES string of the molecule is CN(C)C(N)=NCc1ccccc1Br.I. The molecule has 0 aliphatic heterocycles. The lowest BCUT2D eigenvalue weighted by molar-refractivity contribution is 0.609. The summed E-state index contributed by atoms with van der Waals surface area (Å²) in [6.07, 6.45) is 0. The molecule has 0 aromatic heterocycles. The van der Waals surface area contributed by atoms with E-state index in [0.29, 0.717) is 12.5 Å². The zero-order valence-electron chi connectivity index (χ0n) is 8.77. The summed E-state index contributed by atoms with van der Waals surface area (Å²) in [5.41, 5.74) is 6.81. The van der Waals surface area contributed by atoms with Gasteiger partial charge in [-0.3, -0.25) is 0 Å². The van der Waals surface area contributed by atoms with Gasteiger partial charge in [-0.25, -0.2) is 4.99 Å². The molecule has 84 valence electrons. The Morgan fingerprint density at radius 2 is 2.00 bits per heavy atom. The van der Waals surface area contributed by atoms with E-state index >= 15 is 0 Å². The predicted octanol–water partition coefficient (Wildman–Crippen LogP) is 2.44. The van der Waals surface area contributed by atoms with Gasteiger partial charge in [-0.15, -0.1) is 24.0 Å². The molecule has 5 heteroatoms. The first-order valence-corrected chi connectivity index (χ1v) is 5.11. The number of aliphatic imine (C=N–C) groups is 1. The van der Waals surface area contributed by atoms with Crippen LogP contribution in [0.25, 0.3) is 0 Å². The molecule has 15 heavy (non-hydrogen) atoms. The lowest BCUT2D eigenvalue weighted by Crippen LogP contribution is -2.30. The maximum Gasteiger partial charge on any atom is 0.191 e. The Morgan fingerprint density at radius 3 is 2.53 bits per heavy atom. The lowest BCUT2D eigenvalue weighted by atomic mass is 10.2. The summed E-state index contributed by atoms with van der Waals surface area (Å²) in [5, 5.41) is 0. The number of hydrogen-bond acceptors (Lipinski definition) is 1. The molecule has 1 aromatic carbocycles. The average Bonchev–Trinajstić information content (AvgIpc) is 2.16. The molecular formula is C10H15BrIN3. The number of rotatable bonds is 2. The molecule has 0 aliphatic carbocycles. The lowest BCUT2D eigenvalue weighted by Gasteiger charge is -2.10.